The van der Waals surface area contributed by atoms with Gasteiger partial charge < -0.3 is 5.11 Å². The monoisotopic (exact) mass is 237 g/mol. The molecular weight excluding hydrogens is 230 g/mol. The summed E-state index contributed by atoms with van der Waals surface area (Å²) in [6.45, 7) is 1.82. The van der Waals surface area contributed by atoms with Crippen LogP contribution in [0.2, 0.25) is 5.15 Å². The summed E-state index contributed by atoms with van der Waals surface area (Å²) in [7, 11) is 0. The topological polar surface area (TPSA) is 78.9 Å². The number of aromatic nitrogens is 3. The number of aromatic carboxylic acids is 1. The lowest BCUT2D eigenvalue weighted by Crippen LogP contribution is -1.95. The Morgan fingerprint density at radius 3 is 2.81 bits per heavy atom. The fraction of sp³-hybridized carbons (Fsp3) is 0.100. The maximum absolute atomic E-state index is 10.7. The van der Waals surface area contributed by atoms with Crippen molar-refractivity contribution in [1.82, 2.24) is 15.2 Å². The van der Waals surface area contributed by atoms with E-state index in [-0.39, 0.29) is 5.69 Å². The van der Waals surface area contributed by atoms with Crippen molar-refractivity contribution in [2.75, 3.05) is 0 Å². The van der Waals surface area contributed by atoms with Gasteiger partial charge in [0.1, 0.15) is 10.8 Å². The zero-order valence-corrected chi connectivity index (χ0v) is 9.12. The van der Waals surface area contributed by atoms with Crippen LogP contribution in [-0.4, -0.2) is 26.3 Å². The summed E-state index contributed by atoms with van der Waals surface area (Å²) in [5.74, 6) is -1.06. The highest BCUT2D eigenvalue weighted by atomic mass is 35.5. The summed E-state index contributed by atoms with van der Waals surface area (Å²) < 4.78 is 0. The first-order valence-electron chi connectivity index (χ1n) is 4.50. The number of nitrogens with zero attached hydrogens (tertiary/aromatic N) is 2. The van der Waals surface area contributed by atoms with Gasteiger partial charge in [-0.2, -0.15) is 5.10 Å². The van der Waals surface area contributed by atoms with E-state index in [4.69, 9.17) is 16.7 Å². The molecule has 2 aromatic rings. The zero-order chi connectivity index (χ0) is 11.7. The largest absolute Gasteiger partial charge is 0.477 e. The van der Waals surface area contributed by atoms with Crippen LogP contribution in [0.1, 0.15) is 16.2 Å². The molecule has 82 valence electrons. The molecule has 5 nitrogen and oxygen atoms in total. The molecule has 0 radical (unpaired) electrons. The Labute approximate surface area is 96.1 Å². The van der Waals surface area contributed by atoms with Crippen LogP contribution in [0.5, 0.6) is 0 Å². The molecule has 6 heteroatoms. The van der Waals surface area contributed by atoms with Crippen molar-refractivity contribution in [3.63, 3.8) is 0 Å². The summed E-state index contributed by atoms with van der Waals surface area (Å²) in [6.07, 6.45) is 0. The highest BCUT2D eigenvalue weighted by Gasteiger charge is 2.12. The first-order chi connectivity index (χ1) is 7.58. The molecule has 0 bridgehead atoms. The Hall–Kier alpha value is -1.88. The van der Waals surface area contributed by atoms with Crippen molar-refractivity contribution in [3.05, 3.63) is 34.7 Å². The lowest BCUT2D eigenvalue weighted by Gasteiger charge is -1.99. The number of halogens is 1. The smallest absolute Gasteiger partial charge is 0.353 e. The van der Waals surface area contributed by atoms with E-state index >= 15 is 0 Å². The van der Waals surface area contributed by atoms with E-state index in [9.17, 15) is 4.79 Å². The molecule has 0 saturated carbocycles. The molecule has 0 aliphatic rings. The fourth-order valence-corrected chi connectivity index (χ4v) is 1.58. The van der Waals surface area contributed by atoms with Gasteiger partial charge in [0.2, 0.25) is 0 Å². The molecule has 2 aromatic heterocycles. The molecule has 0 aromatic carbocycles. The second-order valence-corrected chi connectivity index (χ2v) is 3.62. The molecule has 0 fully saturated rings. The lowest BCUT2D eigenvalue weighted by atomic mass is 10.2. The quantitative estimate of drug-likeness (QED) is 0.785. The standard InChI is InChI=1S/C10H8ClN3O2/c1-5-2-3-6(9(11)12-5)7-4-8(10(15)16)14-13-7/h2-4H,1H3,(H,13,14)(H,15,16). The number of hydrogen-bond acceptors (Lipinski definition) is 3. The Morgan fingerprint density at radius 1 is 1.50 bits per heavy atom. The van der Waals surface area contributed by atoms with E-state index < -0.39 is 5.97 Å². The molecule has 2 heterocycles. The van der Waals surface area contributed by atoms with Crippen LogP contribution in [-0.2, 0) is 0 Å². The number of carboxylic acid groups (broad SMARTS) is 1. The SMILES string of the molecule is Cc1ccc(-c2cc(C(=O)O)[nH]n2)c(Cl)n1. The minimum Gasteiger partial charge on any atom is -0.477 e. The number of rotatable bonds is 2. The van der Waals surface area contributed by atoms with Crippen LogP contribution >= 0.6 is 11.6 Å². The van der Waals surface area contributed by atoms with E-state index in [2.05, 4.69) is 15.2 Å². The van der Waals surface area contributed by atoms with Crippen LogP contribution in [0.4, 0.5) is 0 Å². The molecule has 2 N–H and O–H groups in total. The third-order valence-electron chi connectivity index (χ3n) is 2.07. The first kappa shape index (κ1) is 10.6. The van der Waals surface area contributed by atoms with E-state index in [0.717, 1.165) is 5.69 Å². The molecule has 2 rings (SSSR count). The zero-order valence-electron chi connectivity index (χ0n) is 8.36. The Kier molecular flexibility index (Phi) is 2.62. The molecule has 0 unspecified atom stereocenters. The van der Waals surface area contributed by atoms with Gasteiger partial charge in [0.05, 0.1) is 5.69 Å². The number of pyridine rings is 1. The second-order valence-electron chi connectivity index (χ2n) is 3.26. The molecule has 0 saturated heterocycles. The van der Waals surface area contributed by atoms with Crippen molar-refractivity contribution >= 4 is 17.6 Å². The predicted molar refractivity (Wildman–Crippen MR) is 58.5 cm³/mol. The Balaban J connectivity index is 2.46. The van der Waals surface area contributed by atoms with Crippen LogP contribution in [0.25, 0.3) is 11.3 Å². The lowest BCUT2D eigenvalue weighted by molar-refractivity contribution is 0.0690. The van der Waals surface area contributed by atoms with Gasteiger partial charge in [-0.15, -0.1) is 0 Å². The fourth-order valence-electron chi connectivity index (χ4n) is 1.29. The van der Waals surface area contributed by atoms with Gasteiger partial charge >= 0.3 is 5.97 Å². The van der Waals surface area contributed by atoms with E-state index in [1.54, 1.807) is 12.1 Å². The van der Waals surface area contributed by atoms with Gasteiger partial charge in [0.25, 0.3) is 0 Å². The number of carboxylic acids is 1. The van der Waals surface area contributed by atoms with Crippen molar-refractivity contribution in [3.8, 4) is 11.3 Å². The minimum absolute atomic E-state index is 0.0200. The van der Waals surface area contributed by atoms with E-state index in [0.29, 0.717) is 16.4 Å². The number of carbonyl (C=O) groups is 1. The van der Waals surface area contributed by atoms with Crippen molar-refractivity contribution in [1.29, 1.82) is 0 Å². The number of hydrogen-bond donors (Lipinski definition) is 2. The van der Waals surface area contributed by atoms with Crippen LogP contribution in [0.15, 0.2) is 18.2 Å². The van der Waals surface area contributed by atoms with Crippen LogP contribution < -0.4 is 0 Å². The Morgan fingerprint density at radius 2 is 2.25 bits per heavy atom. The third-order valence-corrected chi connectivity index (χ3v) is 2.36. The van der Waals surface area contributed by atoms with Crippen molar-refractivity contribution in [2.45, 2.75) is 6.92 Å². The summed E-state index contributed by atoms with van der Waals surface area (Å²) in [5, 5.41) is 15.3. The summed E-state index contributed by atoms with van der Waals surface area (Å²) in [6, 6.07) is 4.96. The molecule has 0 aliphatic carbocycles. The predicted octanol–water partition coefficient (Wildman–Crippen LogP) is 2.13. The maximum Gasteiger partial charge on any atom is 0.353 e. The maximum atomic E-state index is 10.7. The first-order valence-corrected chi connectivity index (χ1v) is 4.88. The van der Waals surface area contributed by atoms with Gasteiger partial charge in [0.15, 0.2) is 0 Å². The molecule has 0 aliphatic heterocycles. The van der Waals surface area contributed by atoms with Crippen LogP contribution in [0, 0.1) is 6.92 Å². The van der Waals surface area contributed by atoms with E-state index in [1.807, 2.05) is 6.92 Å². The van der Waals surface area contributed by atoms with Gasteiger partial charge in [-0.1, -0.05) is 11.6 Å². The minimum atomic E-state index is -1.06. The number of aromatic amines is 1. The van der Waals surface area contributed by atoms with E-state index in [1.165, 1.54) is 6.07 Å². The highest BCUT2D eigenvalue weighted by molar-refractivity contribution is 6.32. The van der Waals surface area contributed by atoms with Gasteiger partial charge in [-0.3, -0.25) is 5.10 Å². The van der Waals surface area contributed by atoms with Gasteiger partial charge in [0, 0.05) is 11.3 Å². The normalized spacial score (nSPS) is 10.4. The van der Waals surface area contributed by atoms with Gasteiger partial charge in [-0.05, 0) is 25.1 Å². The second kappa shape index (κ2) is 3.94. The summed E-state index contributed by atoms with van der Waals surface area (Å²) in [4.78, 5) is 14.7. The Bertz CT molecular complexity index is 551. The van der Waals surface area contributed by atoms with Crippen molar-refractivity contribution in [2.24, 2.45) is 0 Å². The third kappa shape index (κ3) is 1.90. The van der Waals surface area contributed by atoms with Crippen LogP contribution in [0.3, 0.4) is 0 Å². The number of nitrogens with one attached hydrogen (secondary N) is 1. The van der Waals surface area contributed by atoms with Gasteiger partial charge in [-0.25, -0.2) is 9.78 Å². The summed E-state index contributed by atoms with van der Waals surface area (Å²) >= 11 is 5.94. The molecule has 16 heavy (non-hydrogen) atoms. The molecule has 0 atom stereocenters. The van der Waals surface area contributed by atoms with Crippen molar-refractivity contribution < 1.29 is 9.90 Å². The molecular formula is C10H8ClN3O2. The average molecular weight is 238 g/mol. The number of H-pyrrole nitrogens is 1. The average Bonchev–Trinajstić information content (AvgIpc) is 2.66. The summed E-state index contributed by atoms with van der Waals surface area (Å²) in [5.41, 5.74) is 1.89. The molecule has 0 amide bonds. The highest BCUT2D eigenvalue weighted by Crippen LogP contribution is 2.25. The number of aryl methyl sites for hydroxylation is 1. The molecule has 0 spiro atoms.